The summed E-state index contributed by atoms with van der Waals surface area (Å²) in [4.78, 5) is 12.0. The van der Waals surface area contributed by atoms with Crippen molar-refractivity contribution in [3.05, 3.63) is 29.8 Å². The van der Waals surface area contributed by atoms with Gasteiger partial charge in [0.25, 0.3) is 0 Å². The van der Waals surface area contributed by atoms with Crippen molar-refractivity contribution in [3.63, 3.8) is 0 Å². The van der Waals surface area contributed by atoms with Gasteiger partial charge in [0.2, 0.25) is 5.91 Å². The molecule has 0 aliphatic carbocycles. The molecule has 1 aromatic rings. The van der Waals surface area contributed by atoms with E-state index < -0.39 is 0 Å². The molecule has 18 heavy (non-hydrogen) atoms. The Balaban J connectivity index is 1.85. The van der Waals surface area contributed by atoms with Gasteiger partial charge in [-0.1, -0.05) is 19.1 Å². The summed E-state index contributed by atoms with van der Waals surface area (Å²) in [5.41, 5.74) is 0.990. The number of nitrogens with one attached hydrogen (secondary N) is 2. The SMILES string of the molecule is CC1CCCNC1C(=O)NCc1ccc(O)cc1. The molecule has 2 atom stereocenters. The maximum atomic E-state index is 12.0. The van der Waals surface area contributed by atoms with Crippen LogP contribution in [0.25, 0.3) is 0 Å². The van der Waals surface area contributed by atoms with E-state index in [2.05, 4.69) is 17.6 Å². The fraction of sp³-hybridized carbons (Fsp3) is 0.500. The molecule has 1 aromatic carbocycles. The van der Waals surface area contributed by atoms with Crippen molar-refractivity contribution in [2.24, 2.45) is 5.92 Å². The summed E-state index contributed by atoms with van der Waals surface area (Å²) in [6, 6.07) is 6.81. The van der Waals surface area contributed by atoms with Crippen LogP contribution in [0.1, 0.15) is 25.3 Å². The Bertz CT molecular complexity index is 403. The lowest BCUT2D eigenvalue weighted by Crippen LogP contribution is -2.50. The van der Waals surface area contributed by atoms with Crippen LogP contribution in [0.4, 0.5) is 0 Å². The molecule has 0 saturated carbocycles. The zero-order chi connectivity index (χ0) is 13.0. The third-order valence-electron chi connectivity index (χ3n) is 3.46. The lowest BCUT2D eigenvalue weighted by atomic mass is 9.92. The first kappa shape index (κ1) is 12.9. The maximum absolute atomic E-state index is 12.0. The van der Waals surface area contributed by atoms with Crippen LogP contribution in [0.15, 0.2) is 24.3 Å². The smallest absolute Gasteiger partial charge is 0.237 e. The lowest BCUT2D eigenvalue weighted by molar-refractivity contribution is -0.125. The number of hydrogen-bond donors (Lipinski definition) is 3. The minimum atomic E-state index is -0.0733. The summed E-state index contributed by atoms with van der Waals surface area (Å²) in [5, 5.41) is 15.4. The topological polar surface area (TPSA) is 61.4 Å². The minimum absolute atomic E-state index is 0.0651. The molecule has 1 amide bonds. The van der Waals surface area contributed by atoms with E-state index in [-0.39, 0.29) is 17.7 Å². The van der Waals surface area contributed by atoms with E-state index in [0.29, 0.717) is 12.5 Å². The first-order valence-electron chi connectivity index (χ1n) is 6.46. The number of rotatable bonds is 3. The summed E-state index contributed by atoms with van der Waals surface area (Å²) in [6.45, 7) is 3.53. The van der Waals surface area contributed by atoms with Crippen LogP contribution in [-0.4, -0.2) is 23.6 Å². The van der Waals surface area contributed by atoms with Gasteiger partial charge >= 0.3 is 0 Å². The number of piperidine rings is 1. The second kappa shape index (κ2) is 5.87. The van der Waals surface area contributed by atoms with Crippen LogP contribution in [0, 0.1) is 5.92 Å². The molecular weight excluding hydrogens is 228 g/mol. The van der Waals surface area contributed by atoms with Crippen molar-refractivity contribution in [3.8, 4) is 5.75 Å². The van der Waals surface area contributed by atoms with Crippen LogP contribution >= 0.6 is 0 Å². The third-order valence-corrected chi connectivity index (χ3v) is 3.46. The van der Waals surface area contributed by atoms with Gasteiger partial charge in [0, 0.05) is 6.54 Å². The molecule has 4 heteroatoms. The van der Waals surface area contributed by atoms with Gasteiger partial charge in [0.1, 0.15) is 5.75 Å². The van der Waals surface area contributed by atoms with Gasteiger partial charge in [0.15, 0.2) is 0 Å². The van der Waals surface area contributed by atoms with Gasteiger partial charge in [-0.3, -0.25) is 4.79 Å². The Morgan fingerprint density at radius 1 is 1.44 bits per heavy atom. The summed E-state index contributed by atoms with van der Waals surface area (Å²) in [5.74, 6) is 0.696. The first-order chi connectivity index (χ1) is 8.66. The highest BCUT2D eigenvalue weighted by Gasteiger charge is 2.26. The Labute approximate surface area is 107 Å². The summed E-state index contributed by atoms with van der Waals surface area (Å²) in [7, 11) is 0. The average Bonchev–Trinajstić information content (AvgIpc) is 2.38. The predicted molar refractivity (Wildman–Crippen MR) is 70.1 cm³/mol. The fourth-order valence-electron chi connectivity index (χ4n) is 2.31. The number of carbonyl (C=O) groups excluding carboxylic acids is 1. The second-order valence-corrected chi connectivity index (χ2v) is 4.94. The van der Waals surface area contributed by atoms with E-state index >= 15 is 0 Å². The molecule has 0 radical (unpaired) electrons. The predicted octanol–water partition coefficient (Wildman–Crippen LogP) is 1.40. The number of carbonyl (C=O) groups is 1. The number of hydrogen-bond acceptors (Lipinski definition) is 3. The lowest BCUT2D eigenvalue weighted by Gasteiger charge is -2.28. The Morgan fingerprint density at radius 3 is 2.83 bits per heavy atom. The van der Waals surface area contributed by atoms with Crippen molar-refractivity contribution < 1.29 is 9.90 Å². The molecule has 1 saturated heterocycles. The molecule has 0 spiro atoms. The van der Waals surface area contributed by atoms with Crippen molar-refractivity contribution in [1.82, 2.24) is 10.6 Å². The first-order valence-corrected chi connectivity index (χ1v) is 6.46. The Morgan fingerprint density at radius 2 is 2.17 bits per heavy atom. The standard InChI is InChI=1S/C14H20N2O2/c1-10-3-2-8-15-13(10)14(18)16-9-11-4-6-12(17)7-5-11/h4-7,10,13,15,17H,2-3,8-9H2,1H3,(H,16,18). The minimum Gasteiger partial charge on any atom is -0.508 e. The Kier molecular flexibility index (Phi) is 4.20. The van der Waals surface area contributed by atoms with E-state index in [1.165, 1.54) is 0 Å². The number of aromatic hydroxyl groups is 1. The van der Waals surface area contributed by atoms with Crippen molar-refractivity contribution in [1.29, 1.82) is 0 Å². The van der Waals surface area contributed by atoms with Crippen molar-refractivity contribution in [2.75, 3.05) is 6.54 Å². The zero-order valence-electron chi connectivity index (χ0n) is 10.6. The molecule has 1 aliphatic heterocycles. The normalized spacial score (nSPS) is 23.6. The highest BCUT2D eigenvalue weighted by atomic mass is 16.3. The summed E-state index contributed by atoms with van der Waals surface area (Å²) < 4.78 is 0. The largest absolute Gasteiger partial charge is 0.508 e. The van der Waals surface area contributed by atoms with E-state index in [1.54, 1.807) is 12.1 Å². The van der Waals surface area contributed by atoms with E-state index in [0.717, 1.165) is 24.9 Å². The average molecular weight is 248 g/mol. The fourth-order valence-corrected chi connectivity index (χ4v) is 2.31. The number of amides is 1. The van der Waals surface area contributed by atoms with Crippen LogP contribution in [-0.2, 0) is 11.3 Å². The number of phenolic OH excluding ortho intramolecular Hbond substituents is 1. The maximum Gasteiger partial charge on any atom is 0.237 e. The monoisotopic (exact) mass is 248 g/mol. The number of benzene rings is 1. The second-order valence-electron chi connectivity index (χ2n) is 4.94. The van der Waals surface area contributed by atoms with Gasteiger partial charge in [-0.25, -0.2) is 0 Å². The molecule has 98 valence electrons. The molecule has 4 nitrogen and oxygen atoms in total. The van der Waals surface area contributed by atoms with Crippen LogP contribution in [0.3, 0.4) is 0 Å². The van der Waals surface area contributed by atoms with Gasteiger partial charge in [-0.15, -0.1) is 0 Å². The molecule has 2 rings (SSSR count). The highest BCUT2D eigenvalue weighted by molar-refractivity contribution is 5.82. The molecule has 0 aromatic heterocycles. The van der Waals surface area contributed by atoms with E-state index in [4.69, 9.17) is 0 Å². The zero-order valence-corrected chi connectivity index (χ0v) is 10.6. The van der Waals surface area contributed by atoms with Gasteiger partial charge in [0.05, 0.1) is 6.04 Å². The van der Waals surface area contributed by atoms with Crippen molar-refractivity contribution in [2.45, 2.75) is 32.4 Å². The molecular formula is C14H20N2O2. The van der Waals surface area contributed by atoms with Gasteiger partial charge in [-0.05, 0) is 43.0 Å². The molecule has 3 N–H and O–H groups in total. The third kappa shape index (κ3) is 3.23. The Hall–Kier alpha value is -1.55. The molecule has 2 unspecified atom stereocenters. The molecule has 1 aliphatic rings. The summed E-state index contributed by atoms with van der Waals surface area (Å²) in [6.07, 6.45) is 2.24. The van der Waals surface area contributed by atoms with E-state index in [9.17, 15) is 9.90 Å². The molecule has 0 bridgehead atoms. The van der Waals surface area contributed by atoms with Crippen LogP contribution in [0.5, 0.6) is 5.75 Å². The summed E-state index contributed by atoms with van der Waals surface area (Å²) >= 11 is 0. The van der Waals surface area contributed by atoms with Gasteiger partial charge < -0.3 is 15.7 Å². The van der Waals surface area contributed by atoms with Crippen LogP contribution < -0.4 is 10.6 Å². The number of phenols is 1. The molecule has 1 heterocycles. The van der Waals surface area contributed by atoms with Crippen LogP contribution in [0.2, 0.25) is 0 Å². The quantitative estimate of drug-likeness (QED) is 0.757. The molecule has 1 fully saturated rings. The van der Waals surface area contributed by atoms with Gasteiger partial charge in [-0.2, -0.15) is 0 Å². The van der Waals surface area contributed by atoms with Crippen molar-refractivity contribution >= 4 is 5.91 Å². The highest BCUT2D eigenvalue weighted by Crippen LogP contribution is 2.16. The van der Waals surface area contributed by atoms with E-state index in [1.807, 2.05) is 12.1 Å².